The number of carbonyl (C=O) groups is 1. The largest absolute Gasteiger partial charge is 0.306 e. The van der Waals surface area contributed by atoms with Crippen LogP contribution in [0, 0.1) is 0 Å². The second-order valence-electron chi connectivity index (χ2n) is 3.44. The summed E-state index contributed by atoms with van der Waals surface area (Å²) in [4.78, 5) is 19.6. The molecule has 16 heavy (non-hydrogen) atoms. The third kappa shape index (κ3) is 1.13. The topological polar surface area (TPSA) is 72.7 Å². The minimum atomic E-state index is -0.193. The van der Waals surface area contributed by atoms with Gasteiger partial charge >= 0.3 is 0 Å². The molecule has 0 saturated carbocycles. The molecule has 2 aromatic rings. The zero-order valence-corrected chi connectivity index (χ0v) is 8.64. The maximum absolute atomic E-state index is 11.4. The summed E-state index contributed by atoms with van der Waals surface area (Å²) in [5, 5.41) is 7.86. The van der Waals surface area contributed by atoms with Gasteiger partial charge in [-0.25, -0.2) is 14.6 Å². The van der Waals surface area contributed by atoms with Crippen LogP contribution < -0.4 is 5.32 Å². The summed E-state index contributed by atoms with van der Waals surface area (Å²) in [7, 11) is 0. The molecule has 0 fully saturated rings. The normalized spacial score (nSPS) is 13.9. The maximum atomic E-state index is 11.4. The number of hydrogen-bond acceptors (Lipinski definition) is 4. The highest BCUT2D eigenvalue weighted by atomic mass is 16.1. The number of anilines is 1. The molecule has 0 spiro atoms. The smallest absolute Gasteiger partial charge is 0.249 e. The summed E-state index contributed by atoms with van der Waals surface area (Å²) in [6.45, 7) is 2.72. The summed E-state index contributed by atoms with van der Waals surface area (Å²) in [5.74, 6) is 0.329. The van der Waals surface area contributed by atoms with Gasteiger partial charge in [-0.3, -0.25) is 4.79 Å². The fourth-order valence-corrected chi connectivity index (χ4v) is 1.78. The predicted molar refractivity (Wildman–Crippen MR) is 58.7 cm³/mol. The molecule has 0 unspecified atom stereocenters. The minimum absolute atomic E-state index is 0.193. The first-order chi connectivity index (χ1) is 7.79. The molecule has 3 rings (SSSR count). The standard InChI is InChI=1S/C10H9N5O/c1-2-15-10-8-6(14-15)3-4-7(16)13-9(8)11-5-12-10/h3-5H,2H2,1H3,(H,11,12,13,16). The number of rotatable bonds is 1. The van der Waals surface area contributed by atoms with Crippen molar-refractivity contribution in [3.63, 3.8) is 0 Å². The average molecular weight is 215 g/mol. The minimum Gasteiger partial charge on any atom is -0.306 e. The van der Waals surface area contributed by atoms with Crippen LogP contribution in [0.1, 0.15) is 12.6 Å². The molecule has 1 N–H and O–H groups in total. The van der Waals surface area contributed by atoms with Crippen LogP contribution in [0.4, 0.5) is 5.82 Å². The van der Waals surface area contributed by atoms with Gasteiger partial charge in [-0.2, -0.15) is 5.10 Å². The predicted octanol–water partition coefficient (Wildman–Crippen LogP) is 0.811. The second-order valence-corrected chi connectivity index (χ2v) is 3.44. The van der Waals surface area contributed by atoms with Gasteiger partial charge in [0.05, 0.1) is 11.1 Å². The summed E-state index contributed by atoms with van der Waals surface area (Å²) in [6, 6.07) is 0. The Bertz CT molecular complexity index is 613. The van der Waals surface area contributed by atoms with Crippen molar-refractivity contribution in [3.05, 3.63) is 18.1 Å². The molecular formula is C10H9N5O. The molecule has 1 amide bonds. The van der Waals surface area contributed by atoms with Gasteiger partial charge in [-0.05, 0) is 13.0 Å². The molecule has 1 aliphatic rings. The first-order valence-corrected chi connectivity index (χ1v) is 5.00. The van der Waals surface area contributed by atoms with Crippen LogP contribution >= 0.6 is 0 Å². The van der Waals surface area contributed by atoms with Crippen LogP contribution in [0.2, 0.25) is 0 Å². The van der Waals surface area contributed by atoms with E-state index in [1.807, 2.05) is 6.92 Å². The molecule has 3 heterocycles. The fraction of sp³-hybridized carbons (Fsp3) is 0.200. The van der Waals surface area contributed by atoms with Crippen LogP contribution in [0.15, 0.2) is 12.4 Å². The van der Waals surface area contributed by atoms with E-state index in [9.17, 15) is 4.79 Å². The Hall–Kier alpha value is -2.24. The fourth-order valence-electron chi connectivity index (χ4n) is 1.78. The quantitative estimate of drug-likeness (QED) is 0.764. The van der Waals surface area contributed by atoms with E-state index >= 15 is 0 Å². The van der Waals surface area contributed by atoms with Crippen molar-refractivity contribution in [2.45, 2.75) is 13.5 Å². The molecule has 1 aliphatic heterocycles. The van der Waals surface area contributed by atoms with E-state index in [1.165, 1.54) is 12.4 Å². The molecule has 0 aliphatic carbocycles. The number of nitrogens with one attached hydrogen (secondary N) is 1. The Morgan fingerprint density at radius 3 is 3.06 bits per heavy atom. The van der Waals surface area contributed by atoms with Crippen molar-refractivity contribution in [2.75, 3.05) is 5.32 Å². The summed E-state index contributed by atoms with van der Waals surface area (Å²) < 4.78 is 1.79. The highest BCUT2D eigenvalue weighted by molar-refractivity contribution is 6.10. The van der Waals surface area contributed by atoms with E-state index in [0.717, 1.165) is 23.3 Å². The van der Waals surface area contributed by atoms with Crippen molar-refractivity contribution in [2.24, 2.45) is 0 Å². The number of aromatic nitrogens is 4. The number of hydrogen-bond donors (Lipinski definition) is 1. The van der Waals surface area contributed by atoms with E-state index in [4.69, 9.17) is 0 Å². The van der Waals surface area contributed by atoms with Gasteiger partial charge in [-0.1, -0.05) is 0 Å². The monoisotopic (exact) mass is 215 g/mol. The average Bonchev–Trinajstić information content (AvgIpc) is 2.57. The molecule has 2 aromatic heterocycles. The highest BCUT2D eigenvalue weighted by Crippen LogP contribution is 2.26. The molecule has 6 nitrogen and oxygen atoms in total. The maximum Gasteiger partial charge on any atom is 0.249 e. The van der Waals surface area contributed by atoms with Gasteiger partial charge in [0, 0.05) is 12.6 Å². The second kappa shape index (κ2) is 3.13. The first kappa shape index (κ1) is 9.02. The van der Waals surface area contributed by atoms with E-state index in [2.05, 4.69) is 20.4 Å². The zero-order valence-electron chi connectivity index (χ0n) is 8.64. The van der Waals surface area contributed by atoms with Crippen LogP contribution in [0.5, 0.6) is 0 Å². The molecule has 0 aromatic carbocycles. The Balaban J connectivity index is 2.41. The van der Waals surface area contributed by atoms with Crippen LogP contribution in [-0.2, 0) is 11.3 Å². The van der Waals surface area contributed by atoms with E-state index in [1.54, 1.807) is 10.8 Å². The number of carbonyl (C=O) groups excluding carboxylic acids is 1. The number of amides is 1. The highest BCUT2D eigenvalue weighted by Gasteiger charge is 2.17. The zero-order chi connectivity index (χ0) is 11.1. The Morgan fingerprint density at radius 2 is 2.25 bits per heavy atom. The Kier molecular flexibility index (Phi) is 1.76. The van der Waals surface area contributed by atoms with Gasteiger partial charge in [0.1, 0.15) is 12.1 Å². The van der Waals surface area contributed by atoms with Gasteiger partial charge < -0.3 is 5.32 Å². The van der Waals surface area contributed by atoms with Gasteiger partial charge in [0.2, 0.25) is 5.91 Å². The molecule has 6 heteroatoms. The van der Waals surface area contributed by atoms with Crippen LogP contribution in [0.25, 0.3) is 17.1 Å². The van der Waals surface area contributed by atoms with Crippen molar-refractivity contribution >= 4 is 28.8 Å². The molecule has 0 bridgehead atoms. The Labute approximate surface area is 91.0 Å². The third-order valence-electron chi connectivity index (χ3n) is 2.49. The lowest BCUT2D eigenvalue weighted by atomic mass is 10.3. The number of aryl methyl sites for hydroxylation is 1. The lowest BCUT2D eigenvalue weighted by Crippen LogP contribution is -2.09. The van der Waals surface area contributed by atoms with E-state index in [0.29, 0.717) is 5.82 Å². The molecule has 0 radical (unpaired) electrons. The molecule has 80 valence electrons. The van der Waals surface area contributed by atoms with E-state index < -0.39 is 0 Å². The van der Waals surface area contributed by atoms with Crippen LogP contribution in [0.3, 0.4) is 0 Å². The summed E-state index contributed by atoms with van der Waals surface area (Å²) in [6.07, 6.45) is 4.56. The lowest BCUT2D eigenvalue weighted by Gasteiger charge is -2.01. The lowest BCUT2D eigenvalue weighted by molar-refractivity contribution is -0.111. The molecule has 0 atom stereocenters. The molecule has 0 saturated heterocycles. The van der Waals surface area contributed by atoms with Gasteiger partial charge in [0.15, 0.2) is 5.65 Å². The van der Waals surface area contributed by atoms with Gasteiger partial charge in [0.25, 0.3) is 0 Å². The van der Waals surface area contributed by atoms with Crippen molar-refractivity contribution < 1.29 is 4.79 Å². The van der Waals surface area contributed by atoms with Crippen molar-refractivity contribution in [3.8, 4) is 0 Å². The van der Waals surface area contributed by atoms with Crippen LogP contribution in [-0.4, -0.2) is 25.7 Å². The van der Waals surface area contributed by atoms with Crippen molar-refractivity contribution in [1.29, 1.82) is 0 Å². The third-order valence-corrected chi connectivity index (χ3v) is 2.49. The van der Waals surface area contributed by atoms with E-state index in [-0.39, 0.29) is 5.91 Å². The molecular weight excluding hydrogens is 206 g/mol. The number of nitrogens with zero attached hydrogens (tertiary/aromatic N) is 4. The first-order valence-electron chi connectivity index (χ1n) is 5.00. The SMILES string of the molecule is CCn1nc2c3c(ncnc31)NC(=O)C=C2. The van der Waals surface area contributed by atoms with Crippen molar-refractivity contribution in [1.82, 2.24) is 19.7 Å². The van der Waals surface area contributed by atoms with Gasteiger partial charge in [-0.15, -0.1) is 0 Å². The summed E-state index contributed by atoms with van der Waals surface area (Å²) >= 11 is 0. The summed E-state index contributed by atoms with van der Waals surface area (Å²) in [5.41, 5.74) is 1.47. The Morgan fingerprint density at radius 1 is 1.38 bits per heavy atom.